The maximum Gasteiger partial charge on any atom is 0.320 e. The van der Waals surface area contributed by atoms with E-state index in [-0.39, 0.29) is 12.5 Å². The topological polar surface area (TPSA) is 82.3 Å². The molecule has 1 aliphatic rings. The van der Waals surface area contributed by atoms with Crippen molar-refractivity contribution in [2.24, 2.45) is 0 Å². The van der Waals surface area contributed by atoms with Gasteiger partial charge in [-0.15, -0.1) is 0 Å². The number of carboxylic acid groups (broad SMARTS) is 1. The summed E-state index contributed by atoms with van der Waals surface area (Å²) in [7, 11) is 0. The number of carbonyl (C=O) groups is 1. The summed E-state index contributed by atoms with van der Waals surface area (Å²) in [5.74, 6) is -0.0283. The summed E-state index contributed by atoms with van der Waals surface area (Å²) in [5.41, 5.74) is 1.09. The van der Waals surface area contributed by atoms with E-state index in [1.165, 1.54) is 0 Å². The van der Waals surface area contributed by atoms with Crippen LogP contribution in [0.2, 0.25) is 0 Å². The van der Waals surface area contributed by atoms with Crippen LogP contribution in [0.3, 0.4) is 0 Å². The van der Waals surface area contributed by atoms with Crippen LogP contribution in [0.5, 0.6) is 5.75 Å². The SMILES string of the molecule is N#CCCC(NC1CCOc2ccccc2C1)C(=O)O. The zero-order valence-corrected chi connectivity index (χ0v) is 11.2. The Labute approximate surface area is 118 Å². The van der Waals surface area contributed by atoms with Crippen molar-refractivity contribution in [2.75, 3.05) is 6.61 Å². The predicted octanol–water partition coefficient (Wildman–Crippen LogP) is 1.73. The highest BCUT2D eigenvalue weighted by Gasteiger charge is 2.23. The molecule has 0 amide bonds. The Morgan fingerprint density at radius 1 is 1.55 bits per heavy atom. The molecular weight excluding hydrogens is 256 g/mol. The number of ether oxygens (including phenoxy) is 1. The Kier molecular flexibility index (Phi) is 4.97. The Morgan fingerprint density at radius 3 is 3.10 bits per heavy atom. The minimum absolute atomic E-state index is 0.0541. The lowest BCUT2D eigenvalue weighted by Crippen LogP contribution is -2.44. The molecule has 20 heavy (non-hydrogen) atoms. The lowest BCUT2D eigenvalue weighted by atomic mass is 10.0. The fourth-order valence-electron chi connectivity index (χ4n) is 2.41. The van der Waals surface area contributed by atoms with Gasteiger partial charge in [0.15, 0.2) is 0 Å². The summed E-state index contributed by atoms with van der Waals surface area (Å²) in [6.07, 6.45) is 2.06. The molecule has 106 valence electrons. The van der Waals surface area contributed by atoms with E-state index in [4.69, 9.17) is 10.00 Å². The van der Waals surface area contributed by atoms with Crippen LogP contribution in [-0.4, -0.2) is 29.8 Å². The average molecular weight is 274 g/mol. The molecule has 5 nitrogen and oxygen atoms in total. The molecule has 1 aliphatic heterocycles. The van der Waals surface area contributed by atoms with E-state index in [0.29, 0.717) is 13.0 Å². The van der Waals surface area contributed by atoms with Crippen molar-refractivity contribution >= 4 is 5.97 Å². The number of nitriles is 1. The standard InChI is InChI=1S/C15H18N2O3/c16-8-3-5-13(15(18)19)17-12-7-9-20-14-6-2-1-4-11(14)10-12/h1-2,4,6,12-13,17H,3,5,7,9-10H2,(H,18,19). The third kappa shape index (κ3) is 3.72. The number of nitrogens with one attached hydrogen (secondary N) is 1. The molecule has 0 bridgehead atoms. The van der Waals surface area contributed by atoms with E-state index in [9.17, 15) is 9.90 Å². The van der Waals surface area contributed by atoms with Gasteiger partial charge >= 0.3 is 5.97 Å². The van der Waals surface area contributed by atoms with Gasteiger partial charge in [-0.1, -0.05) is 18.2 Å². The van der Waals surface area contributed by atoms with Crippen molar-refractivity contribution in [3.05, 3.63) is 29.8 Å². The highest BCUT2D eigenvalue weighted by Crippen LogP contribution is 2.23. The Hall–Kier alpha value is -2.06. The van der Waals surface area contributed by atoms with Crippen molar-refractivity contribution in [3.8, 4) is 11.8 Å². The van der Waals surface area contributed by atoms with Crippen LogP contribution in [0.15, 0.2) is 24.3 Å². The van der Waals surface area contributed by atoms with Crippen LogP contribution in [0, 0.1) is 11.3 Å². The fourth-order valence-corrected chi connectivity index (χ4v) is 2.41. The van der Waals surface area contributed by atoms with Crippen molar-refractivity contribution in [2.45, 2.75) is 37.8 Å². The number of rotatable bonds is 5. The van der Waals surface area contributed by atoms with E-state index < -0.39 is 12.0 Å². The zero-order valence-electron chi connectivity index (χ0n) is 11.2. The monoisotopic (exact) mass is 274 g/mol. The van der Waals surface area contributed by atoms with Crippen molar-refractivity contribution in [1.82, 2.24) is 5.32 Å². The number of hydrogen-bond acceptors (Lipinski definition) is 4. The molecule has 0 saturated carbocycles. The molecule has 0 aliphatic carbocycles. The van der Waals surface area contributed by atoms with Gasteiger partial charge in [0.1, 0.15) is 11.8 Å². The number of nitrogens with zero attached hydrogens (tertiary/aromatic N) is 1. The largest absolute Gasteiger partial charge is 0.493 e. The predicted molar refractivity (Wildman–Crippen MR) is 73.5 cm³/mol. The van der Waals surface area contributed by atoms with Gasteiger partial charge in [-0.25, -0.2) is 0 Å². The lowest BCUT2D eigenvalue weighted by Gasteiger charge is -2.21. The summed E-state index contributed by atoms with van der Waals surface area (Å²) in [6, 6.07) is 9.18. The van der Waals surface area contributed by atoms with Crippen LogP contribution >= 0.6 is 0 Å². The van der Waals surface area contributed by atoms with Gasteiger partial charge in [0.05, 0.1) is 12.7 Å². The van der Waals surface area contributed by atoms with Crippen LogP contribution in [0.25, 0.3) is 0 Å². The number of hydrogen-bond donors (Lipinski definition) is 2. The second-order valence-corrected chi connectivity index (χ2v) is 4.90. The molecule has 1 heterocycles. The summed E-state index contributed by atoms with van der Waals surface area (Å²) in [5, 5.41) is 20.9. The molecule has 2 N–H and O–H groups in total. The van der Waals surface area contributed by atoms with Gasteiger partial charge in [0, 0.05) is 12.5 Å². The maximum atomic E-state index is 11.2. The first-order valence-electron chi connectivity index (χ1n) is 6.77. The normalized spacial score (nSPS) is 19.1. The number of carboxylic acids is 1. The molecule has 2 atom stereocenters. The van der Waals surface area contributed by atoms with Crippen LogP contribution in [0.1, 0.15) is 24.8 Å². The van der Waals surface area contributed by atoms with Crippen molar-refractivity contribution < 1.29 is 14.6 Å². The molecule has 5 heteroatoms. The van der Waals surface area contributed by atoms with Gasteiger partial charge in [-0.05, 0) is 30.9 Å². The molecule has 1 aromatic carbocycles. The number of aliphatic carboxylic acids is 1. The Balaban J connectivity index is 2.02. The lowest BCUT2D eigenvalue weighted by molar-refractivity contribution is -0.139. The number of fused-ring (bicyclic) bond motifs is 1. The second-order valence-electron chi connectivity index (χ2n) is 4.90. The molecule has 0 saturated heterocycles. The first kappa shape index (κ1) is 14.4. The van der Waals surface area contributed by atoms with Crippen molar-refractivity contribution in [1.29, 1.82) is 5.26 Å². The Bertz CT molecular complexity index is 510. The first-order chi connectivity index (χ1) is 9.70. The fraction of sp³-hybridized carbons (Fsp3) is 0.467. The molecule has 0 fully saturated rings. The summed E-state index contributed by atoms with van der Waals surface area (Å²) >= 11 is 0. The smallest absolute Gasteiger partial charge is 0.320 e. The maximum absolute atomic E-state index is 11.2. The van der Waals surface area contributed by atoms with Crippen LogP contribution in [0.4, 0.5) is 0 Å². The first-order valence-corrected chi connectivity index (χ1v) is 6.77. The van der Waals surface area contributed by atoms with Gasteiger partial charge in [-0.2, -0.15) is 5.26 Å². The summed E-state index contributed by atoms with van der Waals surface area (Å²) < 4.78 is 5.66. The molecule has 0 aromatic heterocycles. The molecule has 0 radical (unpaired) electrons. The summed E-state index contributed by atoms with van der Waals surface area (Å²) in [6.45, 7) is 0.569. The second kappa shape index (κ2) is 6.92. The quantitative estimate of drug-likeness (QED) is 0.854. The van der Waals surface area contributed by atoms with E-state index in [1.807, 2.05) is 30.3 Å². The molecule has 2 rings (SSSR count). The van der Waals surface area contributed by atoms with Crippen LogP contribution in [-0.2, 0) is 11.2 Å². The highest BCUT2D eigenvalue weighted by atomic mass is 16.5. The van der Waals surface area contributed by atoms with Crippen LogP contribution < -0.4 is 10.1 Å². The van der Waals surface area contributed by atoms with E-state index in [1.54, 1.807) is 0 Å². The minimum atomic E-state index is -0.904. The van der Waals surface area contributed by atoms with E-state index >= 15 is 0 Å². The van der Waals surface area contributed by atoms with Gasteiger partial charge < -0.3 is 15.2 Å². The molecular formula is C15H18N2O3. The molecule has 0 spiro atoms. The van der Waals surface area contributed by atoms with E-state index in [0.717, 1.165) is 24.2 Å². The average Bonchev–Trinajstić information content (AvgIpc) is 2.64. The molecule has 1 aromatic rings. The Morgan fingerprint density at radius 2 is 2.35 bits per heavy atom. The third-order valence-corrected chi connectivity index (χ3v) is 3.44. The van der Waals surface area contributed by atoms with E-state index in [2.05, 4.69) is 5.32 Å². The number of benzene rings is 1. The van der Waals surface area contributed by atoms with Gasteiger partial charge in [-0.3, -0.25) is 4.79 Å². The third-order valence-electron chi connectivity index (χ3n) is 3.44. The minimum Gasteiger partial charge on any atom is -0.493 e. The number of para-hydroxylation sites is 1. The zero-order chi connectivity index (χ0) is 14.4. The van der Waals surface area contributed by atoms with Crippen molar-refractivity contribution in [3.63, 3.8) is 0 Å². The van der Waals surface area contributed by atoms with Gasteiger partial charge in [0.2, 0.25) is 0 Å². The summed E-state index contributed by atoms with van der Waals surface area (Å²) in [4.78, 5) is 11.2. The molecule has 2 unspecified atom stereocenters. The van der Waals surface area contributed by atoms with Gasteiger partial charge in [0.25, 0.3) is 0 Å². The highest BCUT2D eigenvalue weighted by molar-refractivity contribution is 5.73.